The van der Waals surface area contributed by atoms with Crippen LogP contribution in [-0.4, -0.2) is 21.0 Å². The molecule has 12 heteroatoms. The molecule has 0 amide bonds. The molecular weight excluding hydrogens is 532 g/mol. The van der Waals surface area contributed by atoms with Gasteiger partial charge in [0, 0.05) is 17.0 Å². The lowest BCUT2D eigenvalue weighted by atomic mass is 9.97. The van der Waals surface area contributed by atoms with Gasteiger partial charge in [-0.15, -0.1) is 0 Å². The van der Waals surface area contributed by atoms with Crippen LogP contribution in [0.3, 0.4) is 0 Å². The van der Waals surface area contributed by atoms with Gasteiger partial charge >= 0.3 is 6.18 Å². The van der Waals surface area contributed by atoms with Gasteiger partial charge in [-0.25, -0.2) is 12.8 Å². The standard InChI is InChI=1S/C25H19ClF4N4O2S/c1-15(24-21(26)6-3-7-22(24)27)10-16-8-9-17-12-19(32-33-31)14-34(23(17)11-16)37(35,36)20-5-2-4-18(13-20)25(28,29)30/h2-11,13,19H,12,14H2,1H3/t19-/m1/s1. The van der Waals surface area contributed by atoms with Gasteiger partial charge < -0.3 is 0 Å². The molecule has 1 heterocycles. The van der Waals surface area contributed by atoms with E-state index in [-0.39, 0.29) is 29.2 Å². The van der Waals surface area contributed by atoms with Crippen molar-refractivity contribution in [2.24, 2.45) is 5.11 Å². The highest BCUT2D eigenvalue weighted by Crippen LogP contribution is 2.37. The van der Waals surface area contributed by atoms with Crippen molar-refractivity contribution < 1.29 is 26.0 Å². The number of benzene rings is 3. The second-order valence-electron chi connectivity index (χ2n) is 8.44. The van der Waals surface area contributed by atoms with E-state index >= 15 is 0 Å². The highest BCUT2D eigenvalue weighted by atomic mass is 35.5. The van der Waals surface area contributed by atoms with E-state index in [2.05, 4.69) is 10.0 Å². The van der Waals surface area contributed by atoms with Crippen LogP contribution in [-0.2, 0) is 22.6 Å². The molecule has 1 aliphatic rings. The zero-order valence-electron chi connectivity index (χ0n) is 19.2. The number of hydrogen-bond acceptors (Lipinski definition) is 3. The summed E-state index contributed by atoms with van der Waals surface area (Å²) >= 11 is 6.16. The SMILES string of the molecule is CC(=Cc1ccc2c(c1)N(S(=O)(=O)c1cccc(C(F)(F)F)c1)C[C@H](N=[N+]=[N-])C2)c1c(F)cccc1Cl. The second kappa shape index (κ2) is 10.1. The number of rotatable bonds is 5. The third-order valence-electron chi connectivity index (χ3n) is 5.91. The van der Waals surface area contributed by atoms with Crippen molar-refractivity contribution in [3.63, 3.8) is 0 Å². The van der Waals surface area contributed by atoms with Gasteiger partial charge in [0.2, 0.25) is 0 Å². The van der Waals surface area contributed by atoms with E-state index in [0.29, 0.717) is 22.8 Å². The summed E-state index contributed by atoms with van der Waals surface area (Å²) in [6.45, 7) is 1.39. The van der Waals surface area contributed by atoms with Crippen molar-refractivity contribution in [3.8, 4) is 0 Å². The van der Waals surface area contributed by atoms with Gasteiger partial charge in [-0.1, -0.05) is 47.1 Å². The smallest absolute Gasteiger partial charge is 0.266 e. The van der Waals surface area contributed by atoms with Crippen LogP contribution >= 0.6 is 11.6 Å². The molecule has 1 atom stereocenters. The Morgan fingerprint density at radius 3 is 2.57 bits per heavy atom. The third kappa shape index (κ3) is 5.44. The molecule has 0 N–H and O–H groups in total. The molecule has 0 spiro atoms. The predicted molar refractivity (Wildman–Crippen MR) is 134 cm³/mol. The molecule has 3 aromatic carbocycles. The monoisotopic (exact) mass is 550 g/mol. The van der Waals surface area contributed by atoms with E-state index in [0.717, 1.165) is 22.5 Å². The Balaban J connectivity index is 1.83. The Labute approximate surface area is 215 Å². The fraction of sp³-hybridized carbons (Fsp3) is 0.200. The Bertz CT molecular complexity index is 1530. The van der Waals surface area contributed by atoms with E-state index in [9.17, 15) is 26.0 Å². The number of anilines is 1. The minimum atomic E-state index is -4.73. The Hall–Kier alpha value is -3.53. The molecule has 192 valence electrons. The molecule has 0 unspecified atom stereocenters. The zero-order chi connectivity index (χ0) is 27.0. The van der Waals surface area contributed by atoms with Crippen molar-refractivity contribution in [2.45, 2.75) is 30.5 Å². The molecule has 37 heavy (non-hydrogen) atoms. The first-order valence-corrected chi connectivity index (χ1v) is 12.7. The molecule has 0 radical (unpaired) electrons. The summed E-state index contributed by atoms with van der Waals surface area (Å²) in [6, 6.07) is 11.9. The van der Waals surface area contributed by atoms with Crippen molar-refractivity contribution >= 4 is 39.0 Å². The van der Waals surface area contributed by atoms with Crippen molar-refractivity contribution in [1.82, 2.24) is 0 Å². The van der Waals surface area contributed by atoms with Gasteiger partial charge in [0.25, 0.3) is 10.0 Å². The minimum absolute atomic E-state index is 0.193. The Morgan fingerprint density at radius 1 is 1.16 bits per heavy atom. The lowest BCUT2D eigenvalue weighted by Gasteiger charge is -2.34. The number of hydrogen-bond donors (Lipinski definition) is 0. The third-order valence-corrected chi connectivity index (χ3v) is 8.01. The fourth-order valence-corrected chi connectivity index (χ4v) is 6.11. The number of sulfonamides is 1. The molecule has 0 bridgehead atoms. The number of azide groups is 1. The van der Waals surface area contributed by atoms with Crippen LogP contribution in [0.1, 0.15) is 29.2 Å². The van der Waals surface area contributed by atoms with Gasteiger partial charge in [-0.2, -0.15) is 13.2 Å². The van der Waals surface area contributed by atoms with Crippen molar-refractivity contribution in [2.75, 3.05) is 10.8 Å². The molecule has 0 saturated carbocycles. The normalized spacial score (nSPS) is 16.2. The summed E-state index contributed by atoms with van der Waals surface area (Å²) in [5.74, 6) is -0.523. The summed E-state index contributed by atoms with van der Waals surface area (Å²) in [5.41, 5.74) is 9.75. The summed E-state index contributed by atoms with van der Waals surface area (Å²) in [7, 11) is -4.47. The maximum Gasteiger partial charge on any atom is 0.416 e. The van der Waals surface area contributed by atoms with Gasteiger partial charge in [-0.05, 0) is 72.0 Å². The number of halogens is 5. The first-order chi connectivity index (χ1) is 17.4. The maximum absolute atomic E-state index is 14.4. The number of allylic oxidation sites excluding steroid dienone is 1. The van der Waals surface area contributed by atoms with Gasteiger partial charge in [0.15, 0.2) is 0 Å². The van der Waals surface area contributed by atoms with Crippen LogP contribution in [0.4, 0.5) is 23.2 Å². The van der Waals surface area contributed by atoms with Gasteiger partial charge in [0.05, 0.1) is 27.2 Å². The topological polar surface area (TPSA) is 86.1 Å². The molecule has 3 aromatic rings. The molecular formula is C25H19ClF4N4O2S. The summed E-state index contributed by atoms with van der Waals surface area (Å²) in [6.07, 6.45) is -2.88. The average Bonchev–Trinajstić information content (AvgIpc) is 2.83. The van der Waals surface area contributed by atoms with Crippen LogP contribution in [0, 0.1) is 5.82 Å². The van der Waals surface area contributed by atoms with E-state index in [1.807, 2.05) is 0 Å². The Kier molecular flexibility index (Phi) is 7.23. The van der Waals surface area contributed by atoms with Crippen molar-refractivity contribution in [1.29, 1.82) is 0 Å². The predicted octanol–water partition coefficient (Wildman–Crippen LogP) is 7.49. The first kappa shape index (κ1) is 26.5. The van der Waals surface area contributed by atoms with Crippen LogP contribution in [0.15, 0.2) is 70.7 Å². The van der Waals surface area contributed by atoms with Crippen LogP contribution in [0.5, 0.6) is 0 Å². The van der Waals surface area contributed by atoms with Gasteiger partial charge in [-0.3, -0.25) is 4.31 Å². The number of alkyl halides is 3. The summed E-state index contributed by atoms with van der Waals surface area (Å²) in [5, 5.41) is 3.86. The lowest BCUT2D eigenvalue weighted by Crippen LogP contribution is -2.41. The number of nitrogens with zero attached hydrogens (tertiary/aromatic N) is 4. The molecule has 0 saturated heterocycles. The van der Waals surface area contributed by atoms with Crippen LogP contribution in [0.25, 0.3) is 22.1 Å². The number of fused-ring (bicyclic) bond motifs is 1. The van der Waals surface area contributed by atoms with Crippen molar-refractivity contribution in [3.05, 3.63) is 104 Å². The van der Waals surface area contributed by atoms with E-state index < -0.39 is 38.5 Å². The van der Waals surface area contributed by atoms with E-state index in [1.165, 1.54) is 12.1 Å². The molecule has 1 aliphatic heterocycles. The quantitative estimate of drug-likeness (QED) is 0.108. The highest BCUT2D eigenvalue weighted by Gasteiger charge is 2.36. The summed E-state index contributed by atoms with van der Waals surface area (Å²) < 4.78 is 82.3. The first-order valence-electron chi connectivity index (χ1n) is 10.9. The molecule has 4 rings (SSSR count). The van der Waals surface area contributed by atoms with Crippen LogP contribution < -0.4 is 4.31 Å². The zero-order valence-corrected chi connectivity index (χ0v) is 20.8. The Morgan fingerprint density at radius 2 is 1.89 bits per heavy atom. The molecule has 0 aliphatic carbocycles. The summed E-state index contributed by atoms with van der Waals surface area (Å²) in [4.78, 5) is 2.22. The minimum Gasteiger partial charge on any atom is -0.266 e. The maximum atomic E-state index is 14.4. The average molecular weight is 551 g/mol. The second-order valence-corrected chi connectivity index (χ2v) is 10.7. The fourth-order valence-electron chi connectivity index (χ4n) is 4.22. The van der Waals surface area contributed by atoms with E-state index in [1.54, 1.807) is 37.3 Å². The molecule has 0 aromatic heterocycles. The highest BCUT2D eigenvalue weighted by molar-refractivity contribution is 7.92. The largest absolute Gasteiger partial charge is 0.416 e. The molecule has 0 fully saturated rings. The van der Waals surface area contributed by atoms with E-state index in [4.69, 9.17) is 17.1 Å². The van der Waals surface area contributed by atoms with Crippen LogP contribution in [0.2, 0.25) is 5.02 Å². The molecule has 6 nitrogen and oxygen atoms in total. The lowest BCUT2D eigenvalue weighted by molar-refractivity contribution is -0.137. The van der Waals surface area contributed by atoms with Gasteiger partial charge in [0.1, 0.15) is 5.82 Å².